The summed E-state index contributed by atoms with van der Waals surface area (Å²) in [5.74, 6) is -0.994. The van der Waals surface area contributed by atoms with Crippen LogP contribution in [0.2, 0.25) is 0 Å². The smallest absolute Gasteiger partial charge is 0.307 e. The van der Waals surface area contributed by atoms with E-state index in [1.165, 1.54) is 24.3 Å². The summed E-state index contributed by atoms with van der Waals surface area (Å²) in [6, 6.07) is 5.52. The number of carboxylic acid groups (broad SMARTS) is 1. The molecule has 0 bridgehead atoms. The van der Waals surface area contributed by atoms with Crippen LogP contribution in [0.5, 0.6) is 0 Å². The predicted octanol–water partition coefficient (Wildman–Crippen LogP) is -0.960. The highest BCUT2D eigenvalue weighted by molar-refractivity contribution is 7.89. The molecule has 1 aromatic rings. The molecule has 2 atom stereocenters. The topological polar surface area (TPSA) is 115 Å². The largest absolute Gasteiger partial charge is 0.481 e. The standard InChI is InChI=1S/C12H15NO6S/c14-10-6-13(7-11(10)15)20(18,19)9-3-1-8(2-4-9)5-12(16)17/h1-4,10-11,14-15H,5-7H2,(H,16,17)/t10-,11+. The maximum absolute atomic E-state index is 12.2. The van der Waals surface area contributed by atoms with Crippen molar-refractivity contribution in [1.82, 2.24) is 4.31 Å². The molecule has 1 heterocycles. The molecule has 0 amide bonds. The first-order valence-corrected chi connectivity index (χ1v) is 7.41. The molecule has 1 aromatic carbocycles. The number of β-amino-alcohol motifs (C(OH)–C–C–N with tert-alkyl or cyclic N) is 2. The molecule has 0 aromatic heterocycles. The molecule has 2 rings (SSSR count). The Morgan fingerprint density at radius 2 is 1.65 bits per heavy atom. The molecule has 1 fully saturated rings. The van der Waals surface area contributed by atoms with Crippen LogP contribution >= 0.6 is 0 Å². The van der Waals surface area contributed by atoms with Crippen molar-refractivity contribution in [2.45, 2.75) is 23.5 Å². The summed E-state index contributed by atoms with van der Waals surface area (Å²) in [5, 5.41) is 27.4. The highest BCUT2D eigenvalue weighted by atomic mass is 32.2. The molecular weight excluding hydrogens is 286 g/mol. The molecule has 0 spiro atoms. The second-order valence-electron chi connectivity index (χ2n) is 4.67. The van der Waals surface area contributed by atoms with Crippen LogP contribution in [0.1, 0.15) is 5.56 Å². The zero-order chi connectivity index (χ0) is 14.9. The monoisotopic (exact) mass is 301 g/mol. The van der Waals surface area contributed by atoms with Gasteiger partial charge in [-0.05, 0) is 17.7 Å². The van der Waals surface area contributed by atoms with Crippen LogP contribution < -0.4 is 0 Å². The zero-order valence-corrected chi connectivity index (χ0v) is 11.3. The summed E-state index contributed by atoms with van der Waals surface area (Å²) in [6.45, 7) is -0.305. The van der Waals surface area contributed by atoms with Crippen LogP contribution in [0.4, 0.5) is 0 Å². The average Bonchev–Trinajstić information content (AvgIpc) is 2.70. The van der Waals surface area contributed by atoms with Gasteiger partial charge in [-0.3, -0.25) is 4.79 Å². The van der Waals surface area contributed by atoms with Crippen molar-refractivity contribution < 1.29 is 28.5 Å². The molecule has 110 valence electrons. The minimum Gasteiger partial charge on any atom is -0.481 e. The molecule has 1 saturated heterocycles. The summed E-state index contributed by atoms with van der Waals surface area (Å²) in [5.41, 5.74) is 0.498. The highest BCUT2D eigenvalue weighted by Gasteiger charge is 2.37. The van der Waals surface area contributed by atoms with Crippen molar-refractivity contribution in [3.05, 3.63) is 29.8 Å². The van der Waals surface area contributed by atoms with E-state index >= 15 is 0 Å². The van der Waals surface area contributed by atoms with E-state index in [2.05, 4.69) is 0 Å². The molecule has 1 aliphatic rings. The Morgan fingerprint density at radius 3 is 2.10 bits per heavy atom. The number of carboxylic acids is 1. The van der Waals surface area contributed by atoms with E-state index < -0.39 is 28.2 Å². The maximum Gasteiger partial charge on any atom is 0.307 e. The van der Waals surface area contributed by atoms with Crippen LogP contribution in [-0.2, 0) is 21.2 Å². The summed E-state index contributed by atoms with van der Waals surface area (Å²) < 4.78 is 25.5. The fourth-order valence-corrected chi connectivity index (χ4v) is 3.51. The molecule has 8 heteroatoms. The first-order chi connectivity index (χ1) is 9.30. The van der Waals surface area contributed by atoms with Crippen molar-refractivity contribution in [3.63, 3.8) is 0 Å². The van der Waals surface area contributed by atoms with Crippen molar-refractivity contribution in [2.24, 2.45) is 0 Å². The van der Waals surface area contributed by atoms with Gasteiger partial charge in [0.1, 0.15) is 0 Å². The van der Waals surface area contributed by atoms with Crippen molar-refractivity contribution in [1.29, 1.82) is 0 Å². The number of carbonyl (C=O) groups is 1. The molecule has 20 heavy (non-hydrogen) atoms. The van der Waals surface area contributed by atoms with Crippen LogP contribution in [0, 0.1) is 0 Å². The zero-order valence-electron chi connectivity index (χ0n) is 10.5. The van der Waals surface area contributed by atoms with Crippen molar-refractivity contribution in [2.75, 3.05) is 13.1 Å². The summed E-state index contributed by atoms with van der Waals surface area (Å²) in [6.07, 6.45) is -2.35. The van der Waals surface area contributed by atoms with Crippen molar-refractivity contribution in [3.8, 4) is 0 Å². The van der Waals surface area contributed by atoms with E-state index in [1.54, 1.807) is 0 Å². The number of sulfonamides is 1. The third-order valence-electron chi connectivity index (χ3n) is 3.14. The maximum atomic E-state index is 12.2. The van der Waals surface area contributed by atoms with Gasteiger partial charge in [0.15, 0.2) is 0 Å². The van der Waals surface area contributed by atoms with Gasteiger partial charge in [-0.2, -0.15) is 4.31 Å². The molecule has 0 radical (unpaired) electrons. The summed E-state index contributed by atoms with van der Waals surface area (Å²) >= 11 is 0. The minimum atomic E-state index is -3.78. The van der Waals surface area contributed by atoms with Gasteiger partial charge in [-0.15, -0.1) is 0 Å². The van der Waals surface area contributed by atoms with Gasteiger partial charge in [0, 0.05) is 13.1 Å². The number of nitrogens with zero attached hydrogens (tertiary/aromatic N) is 1. The molecule has 0 unspecified atom stereocenters. The van der Waals surface area contributed by atoms with E-state index in [1.807, 2.05) is 0 Å². The lowest BCUT2D eigenvalue weighted by molar-refractivity contribution is -0.136. The van der Waals surface area contributed by atoms with Crippen LogP contribution in [-0.4, -0.2) is 59.3 Å². The van der Waals surface area contributed by atoms with E-state index in [4.69, 9.17) is 5.11 Å². The van der Waals surface area contributed by atoms with Gasteiger partial charge < -0.3 is 15.3 Å². The van der Waals surface area contributed by atoms with Gasteiger partial charge in [0.25, 0.3) is 0 Å². The van der Waals surface area contributed by atoms with E-state index in [0.717, 1.165) is 4.31 Å². The van der Waals surface area contributed by atoms with Crippen LogP contribution in [0.25, 0.3) is 0 Å². The lowest BCUT2D eigenvalue weighted by Crippen LogP contribution is -2.30. The Hall–Kier alpha value is -1.48. The highest BCUT2D eigenvalue weighted by Crippen LogP contribution is 2.21. The molecular formula is C12H15NO6S. The van der Waals surface area contributed by atoms with Gasteiger partial charge >= 0.3 is 5.97 Å². The quantitative estimate of drug-likeness (QED) is 0.660. The van der Waals surface area contributed by atoms with Gasteiger partial charge in [0.05, 0.1) is 23.5 Å². The fourth-order valence-electron chi connectivity index (χ4n) is 2.03. The molecule has 7 nitrogen and oxygen atoms in total. The lowest BCUT2D eigenvalue weighted by atomic mass is 10.2. The SMILES string of the molecule is O=C(O)Cc1ccc(S(=O)(=O)N2C[C@@H](O)[C@@H](O)C2)cc1. The Labute approximate surface area is 116 Å². The molecule has 0 aliphatic carbocycles. The first-order valence-electron chi connectivity index (χ1n) is 5.97. The molecule has 0 saturated carbocycles. The minimum absolute atomic E-state index is 0.00735. The van der Waals surface area contributed by atoms with Gasteiger partial charge in [0.2, 0.25) is 10.0 Å². The number of aliphatic hydroxyl groups is 2. The van der Waals surface area contributed by atoms with E-state index in [-0.39, 0.29) is 24.4 Å². The number of benzene rings is 1. The summed E-state index contributed by atoms with van der Waals surface area (Å²) in [4.78, 5) is 10.6. The predicted molar refractivity (Wildman–Crippen MR) is 68.6 cm³/mol. The Balaban J connectivity index is 2.20. The fraction of sp³-hybridized carbons (Fsp3) is 0.417. The average molecular weight is 301 g/mol. The number of aliphatic hydroxyl groups excluding tert-OH is 2. The van der Waals surface area contributed by atoms with E-state index in [0.29, 0.717) is 5.56 Å². The molecule has 1 aliphatic heterocycles. The third-order valence-corrected chi connectivity index (χ3v) is 4.99. The molecule has 3 N–H and O–H groups in total. The first kappa shape index (κ1) is 14.9. The van der Waals surface area contributed by atoms with Gasteiger partial charge in [-0.25, -0.2) is 8.42 Å². The van der Waals surface area contributed by atoms with Crippen LogP contribution in [0.15, 0.2) is 29.2 Å². The summed E-state index contributed by atoms with van der Waals surface area (Å²) in [7, 11) is -3.78. The second kappa shape index (κ2) is 5.49. The second-order valence-corrected chi connectivity index (χ2v) is 6.61. The number of aliphatic carboxylic acids is 1. The number of hydrogen-bond donors (Lipinski definition) is 3. The normalized spacial score (nSPS) is 23.9. The third kappa shape index (κ3) is 2.98. The Kier molecular flexibility index (Phi) is 4.09. The Bertz CT molecular complexity index is 587. The van der Waals surface area contributed by atoms with Crippen molar-refractivity contribution >= 4 is 16.0 Å². The lowest BCUT2D eigenvalue weighted by Gasteiger charge is -2.15. The number of hydrogen-bond acceptors (Lipinski definition) is 5. The Morgan fingerprint density at radius 1 is 1.15 bits per heavy atom. The van der Waals surface area contributed by atoms with E-state index in [9.17, 15) is 23.4 Å². The van der Waals surface area contributed by atoms with Gasteiger partial charge in [-0.1, -0.05) is 12.1 Å². The number of rotatable bonds is 4. The van der Waals surface area contributed by atoms with Crippen LogP contribution in [0.3, 0.4) is 0 Å².